The van der Waals surface area contributed by atoms with E-state index in [-0.39, 0.29) is 6.04 Å². The van der Waals surface area contributed by atoms with Gasteiger partial charge in [0.05, 0.1) is 17.7 Å². The van der Waals surface area contributed by atoms with Gasteiger partial charge < -0.3 is 5.11 Å². The van der Waals surface area contributed by atoms with Gasteiger partial charge in [0, 0.05) is 32.7 Å². The molecule has 92 valence electrons. The Bertz CT molecular complexity index is 246. The Morgan fingerprint density at radius 2 is 1.88 bits per heavy atom. The van der Waals surface area contributed by atoms with Gasteiger partial charge in [-0.3, -0.25) is 9.80 Å². The van der Waals surface area contributed by atoms with Gasteiger partial charge in [0.25, 0.3) is 0 Å². The lowest BCUT2D eigenvalue weighted by molar-refractivity contribution is 0.0143. The lowest BCUT2D eigenvalue weighted by atomic mass is 10.1. The van der Waals surface area contributed by atoms with Crippen LogP contribution in [0.25, 0.3) is 0 Å². The summed E-state index contributed by atoms with van der Waals surface area (Å²) in [5.41, 5.74) is -0.623. The largest absolute Gasteiger partial charge is 0.389 e. The zero-order valence-electron chi connectivity index (χ0n) is 10.6. The van der Waals surface area contributed by atoms with Gasteiger partial charge >= 0.3 is 0 Å². The zero-order valence-corrected chi connectivity index (χ0v) is 10.6. The first-order valence-corrected chi connectivity index (χ1v) is 6.04. The third-order valence-corrected chi connectivity index (χ3v) is 2.99. The summed E-state index contributed by atoms with van der Waals surface area (Å²) < 4.78 is 0. The van der Waals surface area contributed by atoms with Gasteiger partial charge in [-0.15, -0.1) is 0 Å². The molecule has 1 atom stereocenters. The molecule has 0 amide bonds. The minimum atomic E-state index is -0.623. The Labute approximate surface area is 98.5 Å². The van der Waals surface area contributed by atoms with Crippen LogP contribution in [0.4, 0.5) is 0 Å². The molecule has 16 heavy (non-hydrogen) atoms. The average molecular weight is 225 g/mol. The van der Waals surface area contributed by atoms with Crippen LogP contribution in [0.5, 0.6) is 0 Å². The maximum Gasteiger partial charge on any atom is 0.0976 e. The molecule has 0 aromatic rings. The molecule has 0 bridgehead atoms. The Kier molecular flexibility index (Phi) is 4.72. The fraction of sp³-hybridized carbons (Fsp3) is 0.917. The maximum atomic E-state index is 9.73. The molecular weight excluding hydrogens is 202 g/mol. The molecule has 0 radical (unpaired) electrons. The summed E-state index contributed by atoms with van der Waals surface area (Å²) in [6.07, 6.45) is 0.891. The molecule has 0 aromatic heterocycles. The second kappa shape index (κ2) is 5.62. The van der Waals surface area contributed by atoms with Gasteiger partial charge in [-0.1, -0.05) is 6.92 Å². The molecule has 1 unspecified atom stereocenters. The molecule has 4 nitrogen and oxygen atoms in total. The first-order valence-electron chi connectivity index (χ1n) is 6.04. The predicted molar refractivity (Wildman–Crippen MR) is 64.0 cm³/mol. The van der Waals surface area contributed by atoms with Crippen molar-refractivity contribution in [3.8, 4) is 6.07 Å². The van der Waals surface area contributed by atoms with Crippen molar-refractivity contribution in [2.45, 2.75) is 38.8 Å². The second-order valence-corrected chi connectivity index (χ2v) is 5.18. The van der Waals surface area contributed by atoms with Crippen molar-refractivity contribution in [3.63, 3.8) is 0 Å². The van der Waals surface area contributed by atoms with Crippen LogP contribution >= 0.6 is 0 Å². The molecule has 1 aliphatic rings. The Balaban J connectivity index is 2.37. The van der Waals surface area contributed by atoms with E-state index < -0.39 is 5.60 Å². The predicted octanol–water partition coefficient (Wildman–Crippen LogP) is 0.677. The quantitative estimate of drug-likeness (QED) is 0.764. The van der Waals surface area contributed by atoms with Crippen LogP contribution in [-0.4, -0.2) is 59.3 Å². The van der Waals surface area contributed by atoms with Crippen molar-refractivity contribution in [3.05, 3.63) is 0 Å². The highest BCUT2D eigenvalue weighted by Gasteiger charge is 2.25. The van der Waals surface area contributed by atoms with Crippen molar-refractivity contribution in [1.29, 1.82) is 5.26 Å². The van der Waals surface area contributed by atoms with Crippen molar-refractivity contribution < 1.29 is 5.11 Å². The smallest absolute Gasteiger partial charge is 0.0976 e. The van der Waals surface area contributed by atoms with E-state index in [9.17, 15) is 5.11 Å². The molecule has 0 aromatic carbocycles. The van der Waals surface area contributed by atoms with E-state index in [1.165, 1.54) is 0 Å². The minimum Gasteiger partial charge on any atom is -0.389 e. The number of nitrogens with zero attached hydrogens (tertiary/aromatic N) is 3. The summed E-state index contributed by atoms with van der Waals surface area (Å²) in [4.78, 5) is 4.50. The third-order valence-electron chi connectivity index (χ3n) is 2.99. The van der Waals surface area contributed by atoms with Gasteiger partial charge in [-0.05, 0) is 20.3 Å². The molecule has 1 N–H and O–H groups in total. The molecule has 4 heteroatoms. The van der Waals surface area contributed by atoms with Crippen LogP contribution in [0, 0.1) is 11.3 Å². The van der Waals surface area contributed by atoms with Crippen LogP contribution in [0.2, 0.25) is 0 Å². The zero-order chi connectivity index (χ0) is 12.2. The van der Waals surface area contributed by atoms with Gasteiger partial charge in [-0.2, -0.15) is 5.26 Å². The number of nitriles is 1. The molecule has 0 aliphatic carbocycles. The van der Waals surface area contributed by atoms with E-state index in [1.54, 1.807) is 0 Å². The Morgan fingerprint density at radius 3 is 2.25 bits per heavy atom. The lowest BCUT2D eigenvalue weighted by Gasteiger charge is -2.38. The van der Waals surface area contributed by atoms with E-state index in [0.717, 1.165) is 32.6 Å². The van der Waals surface area contributed by atoms with Gasteiger partial charge in [0.1, 0.15) is 0 Å². The van der Waals surface area contributed by atoms with E-state index >= 15 is 0 Å². The summed E-state index contributed by atoms with van der Waals surface area (Å²) in [5, 5.41) is 18.7. The summed E-state index contributed by atoms with van der Waals surface area (Å²) in [5.74, 6) is 0. The molecule has 1 heterocycles. The van der Waals surface area contributed by atoms with Crippen molar-refractivity contribution in [2.75, 3.05) is 32.7 Å². The molecule has 1 rings (SSSR count). The van der Waals surface area contributed by atoms with Gasteiger partial charge in [0.2, 0.25) is 0 Å². The highest BCUT2D eigenvalue weighted by molar-refractivity contribution is 4.93. The molecule has 1 aliphatic heterocycles. The van der Waals surface area contributed by atoms with Crippen LogP contribution in [0.15, 0.2) is 0 Å². The monoisotopic (exact) mass is 225 g/mol. The topological polar surface area (TPSA) is 50.5 Å². The third kappa shape index (κ3) is 4.09. The summed E-state index contributed by atoms with van der Waals surface area (Å²) in [7, 11) is 0. The number of piperazine rings is 1. The highest BCUT2D eigenvalue weighted by atomic mass is 16.3. The number of hydrogen-bond donors (Lipinski definition) is 1. The number of hydrogen-bond acceptors (Lipinski definition) is 4. The molecular formula is C12H23N3O. The van der Waals surface area contributed by atoms with E-state index in [2.05, 4.69) is 22.8 Å². The van der Waals surface area contributed by atoms with E-state index in [1.807, 2.05) is 13.8 Å². The molecule has 1 saturated heterocycles. The van der Waals surface area contributed by atoms with E-state index in [4.69, 9.17) is 5.26 Å². The van der Waals surface area contributed by atoms with Crippen LogP contribution in [-0.2, 0) is 0 Å². The lowest BCUT2D eigenvalue weighted by Crippen LogP contribution is -2.52. The fourth-order valence-electron chi connectivity index (χ4n) is 2.21. The summed E-state index contributed by atoms with van der Waals surface area (Å²) in [6, 6.07) is 2.40. The number of β-amino-alcohol motifs (C(OH)–C–C–N with tert-alkyl or cyclic N) is 1. The van der Waals surface area contributed by atoms with Crippen LogP contribution in [0.3, 0.4) is 0 Å². The number of aliphatic hydroxyl groups is 1. The van der Waals surface area contributed by atoms with Gasteiger partial charge in [0.15, 0.2) is 0 Å². The minimum absolute atomic E-state index is 0.0595. The normalized spacial score (nSPS) is 21.7. The number of rotatable bonds is 4. The Morgan fingerprint density at radius 1 is 1.31 bits per heavy atom. The van der Waals surface area contributed by atoms with Crippen LogP contribution < -0.4 is 0 Å². The summed E-state index contributed by atoms with van der Waals surface area (Å²) in [6.45, 7) is 10.2. The Hall–Kier alpha value is -0.630. The first kappa shape index (κ1) is 13.4. The average Bonchev–Trinajstić information content (AvgIpc) is 2.20. The first-order chi connectivity index (χ1) is 7.46. The molecule has 0 spiro atoms. The van der Waals surface area contributed by atoms with Crippen molar-refractivity contribution in [2.24, 2.45) is 0 Å². The standard InChI is InChI=1S/C12H23N3O/c1-4-11(9-13)15-7-5-14(6-8-15)10-12(2,3)16/h11,16H,4-8,10H2,1-3H3. The van der Waals surface area contributed by atoms with E-state index in [0.29, 0.717) is 6.54 Å². The van der Waals surface area contributed by atoms with Crippen LogP contribution in [0.1, 0.15) is 27.2 Å². The molecule has 1 fully saturated rings. The second-order valence-electron chi connectivity index (χ2n) is 5.18. The van der Waals surface area contributed by atoms with Gasteiger partial charge in [-0.25, -0.2) is 0 Å². The maximum absolute atomic E-state index is 9.73. The molecule has 0 saturated carbocycles. The summed E-state index contributed by atoms with van der Waals surface area (Å²) >= 11 is 0. The van der Waals surface area contributed by atoms with Crippen molar-refractivity contribution >= 4 is 0 Å². The van der Waals surface area contributed by atoms with Crippen molar-refractivity contribution in [1.82, 2.24) is 9.80 Å². The fourth-order valence-corrected chi connectivity index (χ4v) is 2.21. The highest BCUT2D eigenvalue weighted by Crippen LogP contribution is 2.11. The SMILES string of the molecule is CCC(C#N)N1CCN(CC(C)(C)O)CC1.